The number of hydrogen-bond acceptors (Lipinski definition) is 5. The van der Waals surface area contributed by atoms with Crippen molar-refractivity contribution in [1.82, 2.24) is 8.61 Å². The first-order valence-electron chi connectivity index (χ1n) is 11.8. The molecule has 180 valence electrons. The molecule has 0 amide bonds. The molecule has 0 bridgehead atoms. The van der Waals surface area contributed by atoms with E-state index in [1.165, 1.54) is 11.8 Å². The summed E-state index contributed by atoms with van der Waals surface area (Å²) in [4.78, 5) is 2.47. The van der Waals surface area contributed by atoms with E-state index in [0.717, 1.165) is 61.2 Å². The van der Waals surface area contributed by atoms with E-state index in [9.17, 15) is 16.8 Å². The largest absolute Gasteiger partial charge is 0.243 e. The van der Waals surface area contributed by atoms with Crippen LogP contribution in [0.2, 0.25) is 0 Å². The normalized spacial score (nSPS) is 19.6. The Bertz CT molecular complexity index is 1020. The Hall–Kier alpha value is -1.39. The molecule has 2 aromatic rings. The van der Waals surface area contributed by atoms with Gasteiger partial charge < -0.3 is 0 Å². The summed E-state index contributed by atoms with van der Waals surface area (Å²) in [6, 6.07) is 13.9. The van der Waals surface area contributed by atoms with Gasteiger partial charge in [0.15, 0.2) is 0 Å². The molecule has 4 rings (SSSR count). The molecule has 0 N–H and O–H groups in total. The lowest BCUT2D eigenvalue weighted by molar-refractivity contribution is 0.423. The quantitative estimate of drug-likeness (QED) is 0.551. The molecular weight excluding hydrogens is 476 g/mol. The molecule has 2 heterocycles. The zero-order valence-electron chi connectivity index (χ0n) is 18.9. The Kier molecular flexibility index (Phi) is 8.17. The molecule has 0 saturated carbocycles. The van der Waals surface area contributed by atoms with Crippen molar-refractivity contribution in [2.45, 2.75) is 70.9 Å². The van der Waals surface area contributed by atoms with Crippen LogP contribution in [0.15, 0.2) is 68.1 Å². The predicted molar refractivity (Wildman–Crippen MR) is 131 cm³/mol. The summed E-state index contributed by atoms with van der Waals surface area (Å²) in [6.07, 6.45) is 7.99. The van der Waals surface area contributed by atoms with Gasteiger partial charge in [-0.05, 0) is 74.2 Å². The second kappa shape index (κ2) is 10.9. The third kappa shape index (κ3) is 6.00. The second-order valence-electron chi connectivity index (χ2n) is 8.68. The fourth-order valence-corrected chi connectivity index (χ4v) is 8.21. The van der Waals surface area contributed by atoms with E-state index in [1.807, 2.05) is 24.3 Å². The molecule has 0 aliphatic carbocycles. The standard InChI is InChI=1S/C24H32N2O4S3/c27-32(28,25-17-5-1-2-6-18-25)23-13-9-21(10-14-23)31-22-11-15-24(16-12-22)33(29,30)26-19-7-3-4-8-20-26/h9-16H,1-8,17-20H2. The van der Waals surface area contributed by atoms with Crippen molar-refractivity contribution in [3.63, 3.8) is 0 Å². The first-order valence-corrected chi connectivity index (χ1v) is 15.5. The summed E-state index contributed by atoms with van der Waals surface area (Å²) in [6.45, 7) is 2.36. The topological polar surface area (TPSA) is 74.8 Å². The number of benzene rings is 2. The van der Waals surface area contributed by atoms with Crippen molar-refractivity contribution in [3.05, 3.63) is 48.5 Å². The molecule has 2 aromatic carbocycles. The average Bonchev–Trinajstić information content (AvgIpc) is 3.26. The van der Waals surface area contributed by atoms with Crippen LogP contribution in [0.3, 0.4) is 0 Å². The van der Waals surface area contributed by atoms with E-state index in [4.69, 9.17) is 0 Å². The first kappa shape index (κ1) is 24.7. The van der Waals surface area contributed by atoms with Gasteiger partial charge in [0.1, 0.15) is 0 Å². The minimum Gasteiger partial charge on any atom is -0.207 e. The third-order valence-electron chi connectivity index (χ3n) is 6.29. The van der Waals surface area contributed by atoms with Gasteiger partial charge in [-0.1, -0.05) is 37.4 Å². The summed E-state index contributed by atoms with van der Waals surface area (Å²) in [7, 11) is -6.92. The Balaban J connectivity index is 1.43. The Labute approximate surface area is 202 Å². The van der Waals surface area contributed by atoms with Crippen LogP contribution in [-0.2, 0) is 20.0 Å². The van der Waals surface area contributed by atoms with E-state index in [-0.39, 0.29) is 0 Å². The highest BCUT2D eigenvalue weighted by molar-refractivity contribution is 7.99. The highest BCUT2D eigenvalue weighted by Gasteiger charge is 2.26. The lowest BCUT2D eigenvalue weighted by Crippen LogP contribution is -2.31. The molecule has 2 aliphatic rings. The smallest absolute Gasteiger partial charge is 0.207 e. The highest BCUT2D eigenvalue weighted by atomic mass is 32.2. The van der Waals surface area contributed by atoms with Crippen molar-refractivity contribution in [3.8, 4) is 0 Å². The summed E-state index contributed by atoms with van der Waals surface area (Å²) in [5, 5.41) is 0. The van der Waals surface area contributed by atoms with Crippen LogP contribution in [0.25, 0.3) is 0 Å². The Morgan fingerprint density at radius 1 is 0.485 bits per heavy atom. The SMILES string of the molecule is O=S(=O)(c1ccc(Sc2ccc(S(=O)(=O)N3CCCCCC3)cc2)cc1)N1CCCCCC1. The number of sulfonamides is 2. The van der Waals surface area contributed by atoms with Gasteiger partial charge in [0.05, 0.1) is 9.79 Å². The van der Waals surface area contributed by atoms with Gasteiger partial charge in [0, 0.05) is 36.0 Å². The van der Waals surface area contributed by atoms with E-state index < -0.39 is 20.0 Å². The zero-order chi connectivity index (χ0) is 23.3. The van der Waals surface area contributed by atoms with Gasteiger partial charge in [-0.3, -0.25) is 0 Å². The van der Waals surface area contributed by atoms with E-state index in [2.05, 4.69) is 0 Å². The number of nitrogens with zero attached hydrogens (tertiary/aromatic N) is 2. The van der Waals surface area contributed by atoms with Gasteiger partial charge in [0.2, 0.25) is 20.0 Å². The zero-order valence-corrected chi connectivity index (χ0v) is 21.3. The third-order valence-corrected chi connectivity index (χ3v) is 11.1. The molecule has 2 saturated heterocycles. The van der Waals surface area contributed by atoms with Crippen LogP contribution in [0, 0.1) is 0 Å². The Morgan fingerprint density at radius 3 is 1.09 bits per heavy atom. The van der Waals surface area contributed by atoms with Crippen LogP contribution in [-0.4, -0.2) is 51.6 Å². The molecule has 2 fully saturated rings. The highest BCUT2D eigenvalue weighted by Crippen LogP contribution is 2.31. The molecule has 6 nitrogen and oxygen atoms in total. The molecule has 0 aromatic heterocycles. The maximum atomic E-state index is 13.0. The lowest BCUT2D eigenvalue weighted by Gasteiger charge is -2.20. The minimum atomic E-state index is -3.46. The summed E-state index contributed by atoms with van der Waals surface area (Å²) < 4.78 is 55.0. The van der Waals surface area contributed by atoms with Gasteiger partial charge >= 0.3 is 0 Å². The first-order chi connectivity index (χ1) is 15.9. The van der Waals surface area contributed by atoms with E-state index in [0.29, 0.717) is 36.0 Å². The van der Waals surface area contributed by atoms with Gasteiger partial charge in [-0.25, -0.2) is 16.8 Å². The van der Waals surface area contributed by atoms with Crippen LogP contribution in [0.4, 0.5) is 0 Å². The van der Waals surface area contributed by atoms with Crippen LogP contribution in [0.1, 0.15) is 51.4 Å². The summed E-state index contributed by atoms with van der Waals surface area (Å²) in [5.74, 6) is 0. The van der Waals surface area contributed by atoms with Crippen molar-refractivity contribution in [2.24, 2.45) is 0 Å². The second-order valence-corrected chi connectivity index (χ2v) is 13.7. The van der Waals surface area contributed by atoms with Gasteiger partial charge in [0.25, 0.3) is 0 Å². The van der Waals surface area contributed by atoms with Crippen molar-refractivity contribution in [1.29, 1.82) is 0 Å². The molecule has 33 heavy (non-hydrogen) atoms. The molecule has 0 atom stereocenters. The molecule has 0 radical (unpaired) electrons. The fraction of sp³-hybridized carbons (Fsp3) is 0.500. The monoisotopic (exact) mass is 508 g/mol. The Morgan fingerprint density at radius 2 is 0.788 bits per heavy atom. The summed E-state index contributed by atoms with van der Waals surface area (Å²) in [5.41, 5.74) is 0. The van der Waals surface area contributed by atoms with Crippen molar-refractivity contribution < 1.29 is 16.8 Å². The van der Waals surface area contributed by atoms with Crippen LogP contribution < -0.4 is 0 Å². The molecule has 0 spiro atoms. The maximum Gasteiger partial charge on any atom is 0.243 e. The van der Waals surface area contributed by atoms with Gasteiger partial charge in [-0.2, -0.15) is 8.61 Å². The molecular formula is C24H32N2O4S3. The van der Waals surface area contributed by atoms with Crippen LogP contribution >= 0.6 is 11.8 Å². The fourth-order valence-electron chi connectivity index (χ4n) is 4.36. The van der Waals surface area contributed by atoms with Crippen LogP contribution in [0.5, 0.6) is 0 Å². The molecule has 9 heteroatoms. The van der Waals surface area contributed by atoms with E-state index >= 15 is 0 Å². The molecule has 0 unspecified atom stereocenters. The molecule has 2 aliphatic heterocycles. The maximum absolute atomic E-state index is 13.0. The van der Waals surface area contributed by atoms with E-state index in [1.54, 1.807) is 32.9 Å². The average molecular weight is 509 g/mol. The summed E-state index contributed by atoms with van der Waals surface area (Å²) >= 11 is 1.49. The lowest BCUT2D eigenvalue weighted by atomic mass is 10.2. The number of rotatable bonds is 6. The predicted octanol–water partition coefficient (Wildman–Crippen LogP) is 4.97. The van der Waals surface area contributed by atoms with Crippen molar-refractivity contribution >= 4 is 31.8 Å². The van der Waals surface area contributed by atoms with Gasteiger partial charge in [-0.15, -0.1) is 0 Å². The van der Waals surface area contributed by atoms with Crippen molar-refractivity contribution in [2.75, 3.05) is 26.2 Å². The minimum absolute atomic E-state index is 0.327. The number of hydrogen-bond donors (Lipinski definition) is 0.